The molecule has 3 aromatic carbocycles. The second kappa shape index (κ2) is 10.2. The van der Waals surface area contributed by atoms with Crippen molar-refractivity contribution in [3.8, 4) is 0 Å². The molecule has 1 amide bonds. The maximum absolute atomic E-state index is 13.1. The Kier molecular flexibility index (Phi) is 7.38. The van der Waals surface area contributed by atoms with Crippen molar-refractivity contribution in [3.05, 3.63) is 99.1 Å². The number of hydrogen-bond acceptors (Lipinski definition) is 3. The van der Waals surface area contributed by atoms with E-state index in [2.05, 4.69) is 5.32 Å². The van der Waals surface area contributed by atoms with E-state index in [1.165, 1.54) is 12.1 Å². The van der Waals surface area contributed by atoms with E-state index in [0.29, 0.717) is 35.9 Å². The van der Waals surface area contributed by atoms with Crippen LogP contribution in [0.25, 0.3) is 0 Å². The number of alkyl halides is 3. The summed E-state index contributed by atoms with van der Waals surface area (Å²) in [5.74, 6) is -0.217. The summed E-state index contributed by atoms with van der Waals surface area (Å²) >= 11 is 6.33. The largest absolute Gasteiger partial charge is 0.416 e. The van der Waals surface area contributed by atoms with Gasteiger partial charge in [0.2, 0.25) is 5.91 Å². The van der Waals surface area contributed by atoms with Crippen molar-refractivity contribution < 1.29 is 22.8 Å². The standard InChI is InChI=1S/C29H28ClF3N2O2/c1-28(2,3)27(37)34-15-19-5-11-25(30)24(13-19)26(36)14-18-4-6-20-16-35(17-21(20)12-18)23-9-7-22(8-10-23)29(31,32)33/h4-13H,14-17H2,1-3H3,(H,34,37). The number of carbonyl (C=O) groups is 2. The van der Waals surface area contributed by atoms with Gasteiger partial charge in [-0.25, -0.2) is 0 Å². The summed E-state index contributed by atoms with van der Waals surface area (Å²) in [4.78, 5) is 27.3. The highest BCUT2D eigenvalue weighted by atomic mass is 35.5. The average Bonchev–Trinajstić information content (AvgIpc) is 3.25. The Morgan fingerprint density at radius 2 is 1.54 bits per heavy atom. The van der Waals surface area contributed by atoms with Crippen LogP contribution in [0.15, 0.2) is 60.7 Å². The van der Waals surface area contributed by atoms with Gasteiger partial charge in [-0.15, -0.1) is 0 Å². The van der Waals surface area contributed by atoms with Gasteiger partial charge in [-0.05, 0) is 58.7 Å². The number of fused-ring (bicyclic) bond motifs is 1. The van der Waals surface area contributed by atoms with E-state index in [1.807, 2.05) is 43.9 Å². The number of rotatable bonds is 6. The molecule has 0 bridgehead atoms. The molecule has 8 heteroatoms. The molecule has 1 heterocycles. The molecule has 1 aliphatic rings. The summed E-state index contributed by atoms with van der Waals surface area (Å²) in [7, 11) is 0. The third kappa shape index (κ3) is 6.34. The van der Waals surface area contributed by atoms with E-state index in [0.717, 1.165) is 34.4 Å². The molecule has 0 aromatic heterocycles. The quantitative estimate of drug-likeness (QED) is 0.352. The van der Waals surface area contributed by atoms with E-state index in [9.17, 15) is 22.8 Å². The van der Waals surface area contributed by atoms with Crippen LogP contribution in [0.5, 0.6) is 0 Å². The average molecular weight is 529 g/mol. The van der Waals surface area contributed by atoms with Crippen LogP contribution in [-0.2, 0) is 37.0 Å². The molecule has 0 spiro atoms. The molecule has 37 heavy (non-hydrogen) atoms. The number of Topliss-reactive ketones (excluding diaryl/α,β-unsaturated/α-hetero) is 1. The Morgan fingerprint density at radius 1 is 0.892 bits per heavy atom. The highest BCUT2D eigenvalue weighted by Gasteiger charge is 2.30. The van der Waals surface area contributed by atoms with Gasteiger partial charge >= 0.3 is 6.18 Å². The van der Waals surface area contributed by atoms with Crippen LogP contribution in [0.2, 0.25) is 5.02 Å². The lowest BCUT2D eigenvalue weighted by atomic mass is 9.95. The molecule has 0 radical (unpaired) electrons. The topological polar surface area (TPSA) is 49.4 Å². The van der Waals surface area contributed by atoms with Crippen molar-refractivity contribution in [2.24, 2.45) is 5.41 Å². The lowest BCUT2D eigenvalue weighted by molar-refractivity contribution is -0.137. The minimum atomic E-state index is -4.36. The van der Waals surface area contributed by atoms with Crippen molar-refractivity contribution in [2.45, 2.75) is 53.0 Å². The molecule has 194 valence electrons. The van der Waals surface area contributed by atoms with E-state index in [4.69, 9.17) is 11.6 Å². The van der Waals surface area contributed by atoms with Crippen LogP contribution in [0.1, 0.15) is 58.9 Å². The number of nitrogens with zero attached hydrogens (tertiary/aromatic N) is 1. The highest BCUT2D eigenvalue weighted by molar-refractivity contribution is 6.34. The van der Waals surface area contributed by atoms with Crippen molar-refractivity contribution >= 4 is 29.0 Å². The maximum Gasteiger partial charge on any atom is 0.416 e. The van der Waals surface area contributed by atoms with Gasteiger partial charge in [0.1, 0.15) is 0 Å². The smallest absolute Gasteiger partial charge is 0.363 e. The van der Waals surface area contributed by atoms with Gasteiger partial charge in [0.25, 0.3) is 0 Å². The molecule has 0 aliphatic carbocycles. The molecule has 0 unspecified atom stereocenters. The predicted octanol–water partition coefficient (Wildman–Crippen LogP) is 6.97. The minimum absolute atomic E-state index is 0.0844. The molecule has 3 aromatic rings. The molecule has 0 saturated heterocycles. The van der Waals surface area contributed by atoms with Crippen molar-refractivity contribution in [1.29, 1.82) is 0 Å². The van der Waals surface area contributed by atoms with Crippen molar-refractivity contribution in [2.75, 3.05) is 4.90 Å². The van der Waals surface area contributed by atoms with Gasteiger partial charge in [0.05, 0.1) is 10.6 Å². The first-order valence-corrected chi connectivity index (χ1v) is 12.3. The summed E-state index contributed by atoms with van der Waals surface area (Å²) in [6.45, 7) is 6.93. The lowest BCUT2D eigenvalue weighted by Crippen LogP contribution is -2.34. The van der Waals surface area contributed by atoms with Gasteiger partial charge in [-0.2, -0.15) is 13.2 Å². The SMILES string of the molecule is CC(C)(C)C(=O)NCc1ccc(Cl)c(C(=O)Cc2ccc3c(c2)CN(c2ccc(C(F)(F)F)cc2)C3)c1. The first kappa shape index (κ1) is 26.7. The van der Waals surface area contributed by atoms with E-state index in [-0.39, 0.29) is 18.1 Å². The molecule has 4 rings (SSSR count). The fourth-order valence-electron chi connectivity index (χ4n) is 4.23. The fourth-order valence-corrected chi connectivity index (χ4v) is 4.45. The summed E-state index contributed by atoms with van der Waals surface area (Å²) in [6.07, 6.45) is -4.21. The summed E-state index contributed by atoms with van der Waals surface area (Å²) in [6, 6.07) is 16.1. The molecule has 4 nitrogen and oxygen atoms in total. The number of halogens is 4. The number of benzene rings is 3. The lowest BCUT2D eigenvalue weighted by Gasteiger charge is -2.18. The monoisotopic (exact) mass is 528 g/mol. The molecule has 1 aliphatic heterocycles. The normalized spacial score (nSPS) is 13.4. The number of amides is 1. The first-order chi connectivity index (χ1) is 17.3. The molecule has 0 fully saturated rings. The predicted molar refractivity (Wildman–Crippen MR) is 139 cm³/mol. The highest BCUT2D eigenvalue weighted by Crippen LogP contribution is 2.33. The van der Waals surface area contributed by atoms with Crippen molar-refractivity contribution in [1.82, 2.24) is 5.32 Å². The number of hydrogen-bond donors (Lipinski definition) is 1. The van der Waals surface area contributed by atoms with Gasteiger partial charge in [0.15, 0.2) is 5.78 Å². The zero-order valence-corrected chi connectivity index (χ0v) is 21.6. The zero-order valence-electron chi connectivity index (χ0n) is 20.9. The Hall–Kier alpha value is -3.32. The van der Waals surface area contributed by atoms with Gasteiger partial charge < -0.3 is 10.2 Å². The number of ketones is 1. The Bertz CT molecular complexity index is 1330. The van der Waals surface area contributed by atoms with Crippen LogP contribution in [0.4, 0.5) is 18.9 Å². The van der Waals surface area contributed by atoms with Gasteiger partial charge in [-0.3, -0.25) is 9.59 Å². The van der Waals surface area contributed by atoms with Crippen LogP contribution in [0, 0.1) is 5.41 Å². The molecular weight excluding hydrogens is 501 g/mol. The van der Waals surface area contributed by atoms with Gasteiger partial charge in [0, 0.05) is 42.7 Å². The third-order valence-corrected chi connectivity index (χ3v) is 6.71. The number of carbonyl (C=O) groups excluding carboxylic acids is 2. The third-order valence-electron chi connectivity index (χ3n) is 6.38. The molecule has 0 atom stereocenters. The second-order valence-electron chi connectivity index (χ2n) is 10.4. The maximum atomic E-state index is 13.1. The first-order valence-electron chi connectivity index (χ1n) is 11.9. The molecular formula is C29H28ClF3N2O2. The van der Waals surface area contributed by atoms with Crippen LogP contribution < -0.4 is 10.2 Å². The van der Waals surface area contributed by atoms with E-state index in [1.54, 1.807) is 18.2 Å². The second-order valence-corrected chi connectivity index (χ2v) is 10.8. The van der Waals surface area contributed by atoms with Crippen LogP contribution in [-0.4, -0.2) is 11.7 Å². The van der Waals surface area contributed by atoms with Crippen molar-refractivity contribution in [3.63, 3.8) is 0 Å². The summed E-state index contributed by atoms with van der Waals surface area (Å²) < 4.78 is 38.6. The van der Waals surface area contributed by atoms with Crippen LogP contribution in [0.3, 0.4) is 0 Å². The summed E-state index contributed by atoms with van der Waals surface area (Å²) in [5, 5.41) is 3.23. The minimum Gasteiger partial charge on any atom is -0.363 e. The summed E-state index contributed by atoms with van der Waals surface area (Å²) in [5.41, 5.74) is 3.65. The molecule has 0 saturated carbocycles. The Balaban J connectivity index is 1.43. The zero-order chi connectivity index (χ0) is 27.0. The number of anilines is 1. The fraction of sp³-hybridized carbons (Fsp3) is 0.310. The van der Waals surface area contributed by atoms with Crippen LogP contribution >= 0.6 is 11.6 Å². The van der Waals surface area contributed by atoms with E-state index < -0.39 is 17.2 Å². The Morgan fingerprint density at radius 3 is 2.19 bits per heavy atom. The molecule has 1 N–H and O–H groups in total. The van der Waals surface area contributed by atoms with Gasteiger partial charge in [-0.1, -0.05) is 56.6 Å². The van der Waals surface area contributed by atoms with E-state index >= 15 is 0 Å². The Labute approximate surface area is 219 Å². The number of nitrogens with one attached hydrogen (secondary N) is 1.